The van der Waals surface area contributed by atoms with Crippen molar-refractivity contribution in [3.63, 3.8) is 0 Å². The first kappa shape index (κ1) is 20.5. The van der Waals surface area contributed by atoms with Crippen molar-refractivity contribution in [2.45, 2.75) is 26.4 Å². The average molecular weight is 430 g/mol. The van der Waals surface area contributed by atoms with Gasteiger partial charge in [-0.3, -0.25) is 14.5 Å². The number of aryl methyl sites for hydroxylation is 1. The first-order valence-electron chi connectivity index (χ1n) is 11.2. The van der Waals surface area contributed by atoms with Crippen LogP contribution in [0.3, 0.4) is 0 Å². The standard InChI is InChI=1S/C25H27N5O2/c1-2-12-29-21-10-6-7-11-22(21)30-23(25(29)32)17-20(26-30)24(31)28-15-13-27(14-16-28)18-19-8-4-3-5-9-19/h3-11,17H,2,12-16,18H2,1H3. The third-order valence-electron chi connectivity index (χ3n) is 6.15. The molecule has 7 nitrogen and oxygen atoms in total. The van der Waals surface area contributed by atoms with Gasteiger partial charge in [-0.2, -0.15) is 5.10 Å². The lowest BCUT2D eigenvalue weighted by atomic mass is 10.2. The summed E-state index contributed by atoms with van der Waals surface area (Å²) in [5, 5.41) is 4.56. The van der Waals surface area contributed by atoms with Crippen molar-refractivity contribution in [1.82, 2.24) is 24.0 Å². The van der Waals surface area contributed by atoms with Gasteiger partial charge in [0.2, 0.25) is 0 Å². The zero-order chi connectivity index (χ0) is 22.1. The van der Waals surface area contributed by atoms with Crippen LogP contribution in [0.2, 0.25) is 0 Å². The fourth-order valence-corrected chi connectivity index (χ4v) is 4.50. The zero-order valence-electron chi connectivity index (χ0n) is 18.3. The van der Waals surface area contributed by atoms with E-state index in [1.54, 1.807) is 15.1 Å². The van der Waals surface area contributed by atoms with E-state index in [0.29, 0.717) is 30.8 Å². The van der Waals surface area contributed by atoms with E-state index >= 15 is 0 Å². The first-order valence-corrected chi connectivity index (χ1v) is 11.2. The summed E-state index contributed by atoms with van der Waals surface area (Å²) < 4.78 is 3.41. The van der Waals surface area contributed by atoms with Crippen LogP contribution in [0.25, 0.3) is 16.6 Å². The molecule has 0 N–H and O–H groups in total. The Labute approximate surface area is 186 Å². The van der Waals surface area contributed by atoms with Crippen LogP contribution in [0.5, 0.6) is 0 Å². The number of carbonyl (C=O) groups excluding carboxylic acids is 1. The Hall–Kier alpha value is -3.45. The maximum Gasteiger partial charge on any atom is 0.277 e. The van der Waals surface area contributed by atoms with Gasteiger partial charge >= 0.3 is 0 Å². The van der Waals surface area contributed by atoms with Gasteiger partial charge in [-0.05, 0) is 24.1 Å². The second-order valence-corrected chi connectivity index (χ2v) is 8.33. The van der Waals surface area contributed by atoms with Crippen LogP contribution in [-0.4, -0.2) is 56.1 Å². The van der Waals surface area contributed by atoms with E-state index in [9.17, 15) is 9.59 Å². The Bertz CT molecular complexity index is 1320. The molecule has 7 heteroatoms. The predicted octanol–water partition coefficient (Wildman–Crippen LogP) is 3.02. The molecule has 0 radical (unpaired) electrons. The fourth-order valence-electron chi connectivity index (χ4n) is 4.50. The molecule has 0 saturated carbocycles. The third kappa shape index (κ3) is 3.69. The van der Waals surface area contributed by atoms with Gasteiger partial charge in [0, 0.05) is 45.3 Å². The number of fused-ring (bicyclic) bond motifs is 3. The minimum absolute atomic E-state index is 0.107. The molecular formula is C25H27N5O2. The quantitative estimate of drug-likeness (QED) is 0.489. The van der Waals surface area contributed by atoms with Crippen molar-refractivity contribution in [1.29, 1.82) is 0 Å². The molecule has 1 amide bonds. The lowest BCUT2D eigenvalue weighted by Gasteiger charge is -2.34. The molecule has 3 heterocycles. The number of nitrogens with zero attached hydrogens (tertiary/aromatic N) is 5. The van der Waals surface area contributed by atoms with E-state index in [4.69, 9.17) is 0 Å². The van der Waals surface area contributed by atoms with Gasteiger partial charge in [0.1, 0.15) is 5.52 Å². The summed E-state index contributed by atoms with van der Waals surface area (Å²) in [5.74, 6) is -0.112. The SMILES string of the molecule is CCCn1c(=O)c2cc(C(=O)N3CCN(Cc4ccccc4)CC3)nn2c2ccccc21. The van der Waals surface area contributed by atoms with Crippen molar-refractivity contribution >= 4 is 22.5 Å². The van der Waals surface area contributed by atoms with E-state index < -0.39 is 0 Å². The Balaban J connectivity index is 1.39. The van der Waals surface area contributed by atoms with E-state index in [-0.39, 0.29) is 11.5 Å². The fraction of sp³-hybridized carbons (Fsp3) is 0.320. The Morgan fingerprint density at radius 3 is 2.31 bits per heavy atom. The molecule has 5 rings (SSSR count). The van der Waals surface area contributed by atoms with E-state index in [0.717, 1.165) is 37.1 Å². The van der Waals surface area contributed by atoms with Gasteiger partial charge < -0.3 is 9.47 Å². The maximum atomic E-state index is 13.2. The van der Waals surface area contributed by atoms with Crippen LogP contribution < -0.4 is 5.56 Å². The molecule has 1 aliphatic heterocycles. The second kappa shape index (κ2) is 8.59. The van der Waals surface area contributed by atoms with Crippen molar-refractivity contribution in [2.24, 2.45) is 0 Å². The van der Waals surface area contributed by atoms with Gasteiger partial charge in [0.05, 0.1) is 11.0 Å². The molecule has 1 aliphatic rings. The molecule has 2 aromatic carbocycles. The Morgan fingerprint density at radius 1 is 0.906 bits per heavy atom. The summed E-state index contributed by atoms with van der Waals surface area (Å²) in [4.78, 5) is 30.6. The lowest BCUT2D eigenvalue weighted by molar-refractivity contribution is 0.0622. The summed E-state index contributed by atoms with van der Waals surface area (Å²) in [5.41, 5.74) is 3.62. The van der Waals surface area contributed by atoms with Crippen LogP contribution in [0.1, 0.15) is 29.4 Å². The summed E-state index contributed by atoms with van der Waals surface area (Å²) in [6, 6.07) is 19.8. The number of para-hydroxylation sites is 2. The smallest absolute Gasteiger partial charge is 0.277 e. The minimum atomic E-state index is -0.112. The number of rotatable bonds is 5. The normalized spacial score (nSPS) is 15.0. The molecule has 1 fully saturated rings. The van der Waals surface area contributed by atoms with Crippen molar-refractivity contribution in [3.05, 3.63) is 82.3 Å². The molecule has 32 heavy (non-hydrogen) atoms. The van der Waals surface area contributed by atoms with Gasteiger partial charge in [-0.1, -0.05) is 49.4 Å². The number of hydrogen-bond acceptors (Lipinski definition) is 4. The molecule has 164 valence electrons. The molecule has 0 unspecified atom stereocenters. The van der Waals surface area contributed by atoms with Crippen molar-refractivity contribution < 1.29 is 4.79 Å². The van der Waals surface area contributed by atoms with Crippen molar-refractivity contribution in [3.8, 4) is 0 Å². The molecule has 0 spiro atoms. The Morgan fingerprint density at radius 2 is 1.59 bits per heavy atom. The van der Waals surface area contributed by atoms with Gasteiger partial charge in [0.25, 0.3) is 11.5 Å². The highest BCUT2D eigenvalue weighted by molar-refractivity contribution is 5.94. The van der Waals surface area contributed by atoms with Gasteiger partial charge in [0.15, 0.2) is 5.69 Å². The highest BCUT2D eigenvalue weighted by Crippen LogP contribution is 2.17. The largest absolute Gasteiger partial charge is 0.335 e. The molecule has 2 aromatic heterocycles. The van der Waals surface area contributed by atoms with Gasteiger partial charge in [-0.25, -0.2) is 4.52 Å². The van der Waals surface area contributed by atoms with E-state index in [1.807, 2.05) is 42.2 Å². The average Bonchev–Trinajstić information content (AvgIpc) is 3.29. The molecule has 4 aromatic rings. The van der Waals surface area contributed by atoms with Crippen LogP contribution in [-0.2, 0) is 13.1 Å². The molecule has 0 bridgehead atoms. The van der Waals surface area contributed by atoms with Crippen LogP contribution in [0.15, 0.2) is 65.5 Å². The van der Waals surface area contributed by atoms with E-state index in [2.05, 4.69) is 34.3 Å². The van der Waals surface area contributed by atoms with E-state index in [1.165, 1.54) is 5.56 Å². The molecule has 1 saturated heterocycles. The van der Waals surface area contributed by atoms with Crippen LogP contribution in [0.4, 0.5) is 0 Å². The Kier molecular flexibility index (Phi) is 5.49. The summed E-state index contributed by atoms with van der Waals surface area (Å²) >= 11 is 0. The number of benzene rings is 2. The maximum absolute atomic E-state index is 13.2. The second-order valence-electron chi connectivity index (χ2n) is 8.33. The van der Waals surface area contributed by atoms with Gasteiger partial charge in [-0.15, -0.1) is 0 Å². The predicted molar refractivity (Wildman–Crippen MR) is 125 cm³/mol. The van der Waals surface area contributed by atoms with Crippen LogP contribution >= 0.6 is 0 Å². The van der Waals surface area contributed by atoms with Crippen LogP contribution in [0, 0.1) is 0 Å². The summed E-state index contributed by atoms with van der Waals surface area (Å²) in [6.07, 6.45) is 0.854. The highest BCUT2D eigenvalue weighted by Gasteiger charge is 2.25. The number of carbonyl (C=O) groups is 1. The number of hydrogen-bond donors (Lipinski definition) is 0. The summed E-state index contributed by atoms with van der Waals surface area (Å²) in [7, 11) is 0. The monoisotopic (exact) mass is 429 g/mol. The topological polar surface area (TPSA) is 62.9 Å². The third-order valence-corrected chi connectivity index (χ3v) is 6.15. The highest BCUT2D eigenvalue weighted by atomic mass is 16.2. The molecule has 0 aliphatic carbocycles. The first-order chi connectivity index (χ1) is 15.7. The summed E-state index contributed by atoms with van der Waals surface area (Å²) in [6.45, 7) is 6.52. The molecule has 0 atom stereocenters. The minimum Gasteiger partial charge on any atom is -0.335 e. The molecular weight excluding hydrogens is 402 g/mol. The zero-order valence-corrected chi connectivity index (χ0v) is 18.3. The number of amides is 1. The lowest BCUT2D eigenvalue weighted by Crippen LogP contribution is -2.48. The number of piperazine rings is 1. The number of aromatic nitrogens is 3. The van der Waals surface area contributed by atoms with Crippen molar-refractivity contribution in [2.75, 3.05) is 26.2 Å².